The molecule has 0 aromatic heterocycles. The standard InChI is InChI=1S/C18H16Cl2N2O3/c1-25-12-6-4-5-11(9-12)21-16(23)13-7-2-3-8-15(13)22-17(24)14-10-18(14,19)20/h2-9,14H,10H2,1H3,(H,21,23)(H,22,24). The molecule has 5 nitrogen and oxygen atoms in total. The van der Waals surface area contributed by atoms with E-state index in [1.54, 1.807) is 55.6 Å². The van der Waals surface area contributed by atoms with E-state index < -0.39 is 10.3 Å². The molecule has 2 aromatic carbocycles. The van der Waals surface area contributed by atoms with Crippen molar-refractivity contribution in [2.24, 2.45) is 5.92 Å². The lowest BCUT2D eigenvalue weighted by atomic mass is 10.1. The Labute approximate surface area is 155 Å². The summed E-state index contributed by atoms with van der Waals surface area (Å²) in [6, 6.07) is 13.8. The maximum atomic E-state index is 12.6. The number of amides is 2. The average Bonchev–Trinajstić information content (AvgIpc) is 3.24. The molecule has 1 atom stereocenters. The smallest absolute Gasteiger partial charge is 0.257 e. The van der Waals surface area contributed by atoms with Crippen LogP contribution in [0.15, 0.2) is 48.5 Å². The Morgan fingerprint density at radius 3 is 2.52 bits per heavy atom. The third-order valence-corrected chi connectivity index (χ3v) is 4.74. The summed E-state index contributed by atoms with van der Waals surface area (Å²) < 4.78 is 4.13. The fourth-order valence-electron chi connectivity index (χ4n) is 2.41. The minimum Gasteiger partial charge on any atom is -0.497 e. The maximum absolute atomic E-state index is 12.6. The third kappa shape index (κ3) is 4.06. The van der Waals surface area contributed by atoms with Gasteiger partial charge in [-0.3, -0.25) is 9.59 Å². The van der Waals surface area contributed by atoms with Crippen molar-refractivity contribution in [3.8, 4) is 5.75 Å². The molecule has 1 fully saturated rings. The lowest BCUT2D eigenvalue weighted by molar-refractivity contribution is -0.117. The van der Waals surface area contributed by atoms with Gasteiger partial charge in [-0.1, -0.05) is 18.2 Å². The molecule has 1 aliphatic carbocycles. The minimum absolute atomic E-state index is 0.299. The first-order valence-electron chi connectivity index (χ1n) is 7.64. The molecule has 1 aliphatic rings. The number of anilines is 2. The lowest BCUT2D eigenvalue weighted by Crippen LogP contribution is -2.20. The van der Waals surface area contributed by atoms with Crippen molar-refractivity contribution in [3.63, 3.8) is 0 Å². The maximum Gasteiger partial charge on any atom is 0.257 e. The van der Waals surface area contributed by atoms with Crippen LogP contribution in [0, 0.1) is 5.92 Å². The summed E-state index contributed by atoms with van der Waals surface area (Å²) in [6.45, 7) is 0. The Morgan fingerprint density at radius 2 is 1.84 bits per heavy atom. The third-order valence-electron chi connectivity index (χ3n) is 3.90. The van der Waals surface area contributed by atoms with Crippen LogP contribution < -0.4 is 15.4 Å². The highest BCUT2D eigenvalue weighted by molar-refractivity contribution is 6.52. The second-order valence-electron chi connectivity index (χ2n) is 5.74. The van der Waals surface area contributed by atoms with E-state index in [1.807, 2.05) is 0 Å². The molecule has 3 rings (SSSR count). The Kier molecular flexibility index (Phi) is 4.88. The molecule has 2 amide bonds. The number of rotatable bonds is 5. The number of hydrogen-bond donors (Lipinski definition) is 2. The first-order valence-corrected chi connectivity index (χ1v) is 8.39. The van der Waals surface area contributed by atoms with Crippen LogP contribution in [0.2, 0.25) is 0 Å². The van der Waals surface area contributed by atoms with Crippen LogP contribution in [0.25, 0.3) is 0 Å². The van der Waals surface area contributed by atoms with E-state index in [4.69, 9.17) is 27.9 Å². The molecule has 0 heterocycles. The van der Waals surface area contributed by atoms with Crippen molar-refractivity contribution in [2.45, 2.75) is 10.8 Å². The number of alkyl halides is 2. The van der Waals surface area contributed by atoms with Crippen LogP contribution in [-0.2, 0) is 4.79 Å². The number of ether oxygens (including phenoxy) is 1. The number of halogens is 2. The van der Waals surface area contributed by atoms with Crippen molar-refractivity contribution in [2.75, 3.05) is 17.7 Å². The molecule has 1 unspecified atom stereocenters. The van der Waals surface area contributed by atoms with Crippen LogP contribution in [0.1, 0.15) is 16.8 Å². The molecular weight excluding hydrogens is 363 g/mol. The Hall–Kier alpha value is -2.24. The summed E-state index contributed by atoms with van der Waals surface area (Å²) in [6.07, 6.45) is 0.403. The van der Waals surface area contributed by atoms with Gasteiger partial charge in [0.15, 0.2) is 0 Å². The summed E-state index contributed by atoms with van der Waals surface area (Å²) in [4.78, 5) is 24.8. The first kappa shape index (κ1) is 17.6. The second kappa shape index (κ2) is 6.94. The van der Waals surface area contributed by atoms with Crippen molar-refractivity contribution in [1.29, 1.82) is 0 Å². The fourth-order valence-corrected chi connectivity index (χ4v) is 2.91. The zero-order chi connectivity index (χ0) is 18.0. The Morgan fingerprint density at radius 1 is 1.12 bits per heavy atom. The second-order valence-corrected chi connectivity index (χ2v) is 7.28. The van der Waals surface area contributed by atoms with E-state index >= 15 is 0 Å². The zero-order valence-corrected chi connectivity index (χ0v) is 14.9. The predicted octanol–water partition coefficient (Wildman–Crippen LogP) is 4.08. The largest absolute Gasteiger partial charge is 0.497 e. The molecule has 0 saturated heterocycles. The SMILES string of the molecule is COc1cccc(NC(=O)c2ccccc2NC(=O)C2CC2(Cl)Cl)c1. The normalized spacial score (nSPS) is 17.5. The van der Waals surface area contributed by atoms with Crippen LogP contribution in [0.5, 0.6) is 5.75 Å². The molecule has 0 radical (unpaired) electrons. The molecule has 0 bridgehead atoms. The molecule has 2 N–H and O–H groups in total. The summed E-state index contributed by atoms with van der Waals surface area (Å²) in [5.41, 5.74) is 1.34. The highest BCUT2D eigenvalue weighted by Gasteiger charge is 2.56. The fraction of sp³-hybridized carbons (Fsp3) is 0.222. The molecule has 0 spiro atoms. The number of nitrogens with one attached hydrogen (secondary N) is 2. The molecule has 130 valence electrons. The molecule has 7 heteroatoms. The van der Waals surface area contributed by atoms with Gasteiger partial charge in [-0.25, -0.2) is 0 Å². The van der Waals surface area contributed by atoms with E-state index in [0.29, 0.717) is 29.1 Å². The topological polar surface area (TPSA) is 67.4 Å². The van der Waals surface area contributed by atoms with Gasteiger partial charge in [0, 0.05) is 11.8 Å². The number of benzene rings is 2. The molecule has 2 aromatic rings. The van der Waals surface area contributed by atoms with E-state index in [-0.39, 0.29) is 11.8 Å². The minimum atomic E-state index is -1.01. The number of carbonyl (C=O) groups is 2. The van der Waals surface area contributed by atoms with Crippen LogP contribution >= 0.6 is 23.2 Å². The number of para-hydroxylation sites is 1. The van der Waals surface area contributed by atoms with E-state index in [9.17, 15) is 9.59 Å². The lowest BCUT2D eigenvalue weighted by Gasteiger charge is -2.12. The van der Waals surface area contributed by atoms with Gasteiger partial charge in [0.05, 0.1) is 24.3 Å². The van der Waals surface area contributed by atoms with Gasteiger partial charge in [0.25, 0.3) is 5.91 Å². The average molecular weight is 379 g/mol. The molecule has 25 heavy (non-hydrogen) atoms. The van der Waals surface area contributed by atoms with Gasteiger partial charge in [-0.15, -0.1) is 23.2 Å². The van der Waals surface area contributed by atoms with E-state index in [0.717, 1.165) is 0 Å². The van der Waals surface area contributed by atoms with Crippen molar-refractivity contribution < 1.29 is 14.3 Å². The molecular formula is C18H16Cl2N2O3. The summed E-state index contributed by atoms with van der Waals surface area (Å²) >= 11 is 11.8. The van der Waals surface area contributed by atoms with Crippen molar-refractivity contribution in [3.05, 3.63) is 54.1 Å². The molecule has 1 saturated carbocycles. The Balaban J connectivity index is 1.75. The Bertz CT molecular complexity index is 823. The van der Waals surface area contributed by atoms with Gasteiger partial charge in [-0.2, -0.15) is 0 Å². The predicted molar refractivity (Wildman–Crippen MR) is 98.6 cm³/mol. The van der Waals surface area contributed by atoms with E-state index in [1.165, 1.54) is 0 Å². The van der Waals surface area contributed by atoms with Crippen LogP contribution in [0.3, 0.4) is 0 Å². The van der Waals surface area contributed by atoms with Crippen molar-refractivity contribution in [1.82, 2.24) is 0 Å². The monoisotopic (exact) mass is 378 g/mol. The first-order chi connectivity index (χ1) is 11.9. The highest BCUT2D eigenvalue weighted by atomic mass is 35.5. The van der Waals surface area contributed by atoms with Gasteiger partial charge in [-0.05, 0) is 30.7 Å². The van der Waals surface area contributed by atoms with Crippen LogP contribution in [-0.4, -0.2) is 23.3 Å². The van der Waals surface area contributed by atoms with Gasteiger partial charge >= 0.3 is 0 Å². The van der Waals surface area contributed by atoms with Gasteiger partial charge in [0.1, 0.15) is 10.1 Å². The zero-order valence-electron chi connectivity index (χ0n) is 13.4. The number of carbonyl (C=O) groups excluding carboxylic acids is 2. The highest BCUT2D eigenvalue weighted by Crippen LogP contribution is 2.53. The summed E-state index contributed by atoms with van der Waals surface area (Å²) in [5, 5.41) is 5.51. The van der Waals surface area contributed by atoms with Gasteiger partial charge in [0.2, 0.25) is 5.91 Å². The summed E-state index contributed by atoms with van der Waals surface area (Å²) in [7, 11) is 1.55. The quantitative estimate of drug-likeness (QED) is 0.770. The van der Waals surface area contributed by atoms with Gasteiger partial charge < -0.3 is 15.4 Å². The molecule has 0 aliphatic heterocycles. The summed E-state index contributed by atoms with van der Waals surface area (Å²) in [5.74, 6) is -0.478. The number of methoxy groups -OCH3 is 1. The number of hydrogen-bond acceptors (Lipinski definition) is 3. The van der Waals surface area contributed by atoms with E-state index in [2.05, 4.69) is 10.6 Å². The van der Waals surface area contributed by atoms with Crippen molar-refractivity contribution >= 4 is 46.4 Å². The van der Waals surface area contributed by atoms with Crippen LogP contribution in [0.4, 0.5) is 11.4 Å².